The van der Waals surface area contributed by atoms with Crippen molar-refractivity contribution in [3.63, 3.8) is 0 Å². The van der Waals surface area contributed by atoms with E-state index in [1.165, 1.54) is 0 Å². The highest BCUT2D eigenvalue weighted by Crippen LogP contribution is 2.21. The SMILES string of the molecule is COc1ccc(C(=O)c2ccc(SC)cc2)c(C)c1. The number of aryl methyl sites for hydroxylation is 1. The van der Waals surface area contributed by atoms with Crippen LogP contribution in [0.4, 0.5) is 0 Å². The number of rotatable bonds is 4. The Bertz CT molecular complexity index is 588. The molecule has 0 heterocycles. The molecule has 2 rings (SSSR count). The first-order valence-electron chi connectivity index (χ1n) is 5.99. The molecule has 19 heavy (non-hydrogen) atoms. The van der Waals surface area contributed by atoms with Crippen LogP contribution < -0.4 is 4.74 Å². The van der Waals surface area contributed by atoms with Gasteiger partial charge >= 0.3 is 0 Å². The summed E-state index contributed by atoms with van der Waals surface area (Å²) in [5, 5.41) is 0. The number of methoxy groups -OCH3 is 1. The quantitative estimate of drug-likeness (QED) is 0.622. The Morgan fingerprint density at radius 1 is 1.11 bits per heavy atom. The van der Waals surface area contributed by atoms with Crippen molar-refractivity contribution in [3.8, 4) is 5.75 Å². The molecule has 0 atom stereocenters. The van der Waals surface area contributed by atoms with Crippen molar-refractivity contribution in [3.05, 3.63) is 59.2 Å². The molecule has 0 aliphatic heterocycles. The highest BCUT2D eigenvalue weighted by molar-refractivity contribution is 7.98. The minimum absolute atomic E-state index is 0.0489. The van der Waals surface area contributed by atoms with Crippen LogP contribution in [0.15, 0.2) is 47.4 Å². The number of hydrogen-bond donors (Lipinski definition) is 0. The number of carbonyl (C=O) groups is 1. The molecule has 0 unspecified atom stereocenters. The summed E-state index contributed by atoms with van der Waals surface area (Å²) in [5.41, 5.74) is 2.36. The van der Waals surface area contributed by atoms with Crippen LogP contribution in [0.2, 0.25) is 0 Å². The van der Waals surface area contributed by atoms with Crippen molar-refractivity contribution >= 4 is 17.5 Å². The van der Waals surface area contributed by atoms with Gasteiger partial charge in [-0.3, -0.25) is 4.79 Å². The third-order valence-electron chi connectivity index (χ3n) is 3.03. The average molecular weight is 272 g/mol. The van der Waals surface area contributed by atoms with Gasteiger partial charge in [0.15, 0.2) is 5.78 Å². The standard InChI is InChI=1S/C16H16O2S/c1-11-10-13(18-2)6-9-15(11)16(17)12-4-7-14(19-3)8-5-12/h4-10H,1-3H3. The summed E-state index contributed by atoms with van der Waals surface area (Å²) < 4.78 is 5.15. The maximum absolute atomic E-state index is 12.4. The van der Waals surface area contributed by atoms with Gasteiger partial charge in [0.05, 0.1) is 7.11 Å². The van der Waals surface area contributed by atoms with Crippen LogP contribution in [0, 0.1) is 6.92 Å². The Morgan fingerprint density at radius 2 is 1.79 bits per heavy atom. The van der Waals surface area contributed by atoms with Gasteiger partial charge in [-0.25, -0.2) is 0 Å². The number of ketones is 1. The fraction of sp³-hybridized carbons (Fsp3) is 0.188. The predicted octanol–water partition coefficient (Wildman–Crippen LogP) is 3.96. The Morgan fingerprint density at radius 3 is 2.32 bits per heavy atom. The fourth-order valence-electron chi connectivity index (χ4n) is 1.92. The van der Waals surface area contributed by atoms with Crippen LogP contribution in [0.1, 0.15) is 21.5 Å². The summed E-state index contributed by atoms with van der Waals surface area (Å²) in [6.45, 7) is 1.92. The Hall–Kier alpha value is -1.74. The lowest BCUT2D eigenvalue weighted by atomic mass is 9.99. The molecule has 0 saturated heterocycles. The van der Waals surface area contributed by atoms with Crippen molar-refractivity contribution in [1.29, 1.82) is 0 Å². The smallest absolute Gasteiger partial charge is 0.193 e. The first-order valence-corrected chi connectivity index (χ1v) is 7.21. The molecule has 98 valence electrons. The largest absolute Gasteiger partial charge is 0.497 e. The summed E-state index contributed by atoms with van der Waals surface area (Å²) >= 11 is 1.67. The Kier molecular flexibility index (Phi) is 4.27. The number of hydrogen-bond acceptors (Lipinski definition) is 3. The van der Waals surface area contributed by atoms with Crippen molar-refractivity contribution in [2.24, 2.45) is 0 Å². The van der Waals surface area contributed by atoms with Crippen LogP contribution in [-0.4, -0.2) is 19.1 Å². The van der Waals surface area contributed by atoms with Crippen LogP contribution in [-0.2, 0) is 0 Å². The molecular formula is C16H16O2S. The molecule has 2 aromatic carbocycles. The van der Waals surface area contributed by atoms with Crippen LogP contribution in [0.5, 0.6) is 5.75 Å². The van der Waals surface area contributed by atoms with Gasteiger partial charge < -0.3 is 4.74 Å². The molecule has 0 bridgehead atoms. The molecule has 0 aliphatic rings. The monoisotopic (exact) mass is 272 g/mol. The molecule has 3 heteroatoms. The van der Waals surface area contributed by atoms with Gasteiger partial charge in [0, 0.05) is 16.0 Å². The zero-order valence-electron chi connectivity index (χ0n) is 11.3. The third kappa shape index (κ3) is 2.99. The second-order valence-corrected chi connectivity index (χ2v) is 5.12. The average Bonchev–Trinajstić information content (AvgIpc) is 2.46. The number of carbonyl (C=O) groups excluding carboxylic acids is 1. The van der Waals surface area contributed by atoms with Gasteiger partial charge in [-0.2, -0.15) is 0 Å². The van der Waals surface area contributed by atoms with Crippen LogP contribution in [0.25, 0.3) is 0 Å². The number of ether oxygens (including phenoxy) is 1. The summed E-state index contributed by atoms with van der Waals surface area (Å²) in [5.74, 6) is 0.819. The van der Waals surface area contributed by atoms with Crippen molar-refractivity contribution in [1.82, 2.24) is 0 Å². The molecule has 0 aliphatic carbocycles. The topological polar surface area (TPSA) is 26.3 Å². The van der Waals surface area contributed by atoms with E-state index in [-0.39, 0.29) is 5.78 Å². The fourth-order valence-corrected chi connectivity index (χ4v) is 2.32. The van der Waals surface area contributed by atoms with Gasteiger partial charge in [0.1, 0.15) is 5.75 Å². The highest BCUT2D eigenvalue weighted by atomic mass is 32.2. The summed E-state index contributed by atoms with van der Waals surface area (Å²) in [7, 11) is 1.62. The summed E-state index contributed by atoms with van der Waals surface area (Å²) in [6.07, 6.45) is 2.02. The van der Waals surface area contributed by atoms with Crippen molar-refractivity contribution in [2.45, 2.75) is 11.8 Å². The molecule has 2 nitrogen and oxygen atoms in total. The predicted molar refractivity (Wildman–Crippen MR) is 79.4 cm³/mol. The van der Waals surface area contributed by atoms with Crippen molar-refractivity contribution in [2.75, 3.05) is 13.4 Å². The van der Waals surface area contributed by atoms with E-state index in [1.807, 2.05) is 55.6 Å². The minimum Gasteiger partial charge on any atom is -0.497 e. The summed E-state index contributed by atoms with van der Waals surface area (Å²) in [4.78, 5) is 13.6. The first-order chi connectivity index (χ1) is 9.15. The first kappa shape index (κ1) is 13.7. The van der Waals surface area contributed by atoms with E-state index in [0.29, 0.717) is 5.56 Å². The molecule has 2 aromatic rings. The molecule has 0 spiro atoms. The van der Waals surface area contributed by atoms with Gasteiger partial charge in [0.25, 0.3) is 0 Å². The zero-order valence-corrected chi connectivity index (χ0v) is 12.1. The molecule has 0 fully saturated rings. The molecule has 0 aromatic heterocycles. The van der Waals surface area contributed by atoms with E-state index in [2.05, 4.69) is 0 Å². The van der Waals surface area contributed by atoms with Gasteiger partial charge in [0.2, 0.25) is 0 Å². The lowest BCUT2D eigenvalue weighted by Crippen LogP contribution is -2.03. The van der Waals surface area contributed by atoms with E-state index in [9.17, 15) is 4.79 Å². The maximum atomic E-state index is 12.4. The zero-order chi connectivity index (χ0) is 13.8. The lowest BCUT2D eigenvalue weighted by Gasteiger charge is -2.07. The second kappa shape index (κ2) is 5.93. The van der Waals surface area contributed by atoms with E-state index in [0.717, 1.165) is 21.8 Å². The van der Waals surface area contributed by atoms with Crippen molar-refractivity contribution < 1.29 is 9.53 Å². The van der Waals surface area contributed by atoms with E-state index in [1.54, 1.807) is 18.9 Å². The van der Waals surface area contributed by atoms with E-state index >= 15 is 0 Å². The van der Waals surface area contributed by atoms with Gasteiger partial charge in [-0.1, -0.05) is 0 Å². The van der Waals surface area contributed by atoms with E-state index < -0.39 is 0 Å². The van der Waals surface area contributed by atoms with Crippen LogP contribution in [0.3, 0.4) is 0 Å². The Balaban J connectivity index is 2.32. The minimum atomic E-state index is 0.0489. The molecule has 0 N–H and O–H groups in total. The third-order valence-corrected chi connectivity index (χ3v) is 3.77. The lowest BCUT2D eigenvalue weighted by molar-refractivity contribution is 0.103. The van der Waals surface area contributed by atoms with Gasteiger partial charge in [-0.05, 0) is 61.2 Å². The summed E-state index contributed by atoms with van der Waals surface area (Å²) in [6, 6.07) is 13.2. The Labute approximate surface area is 117 Å². The van der Waals surface area contributed by atoms with Gasteiger partial charge in [-0.15, -0.1) is 11.8 Å². The second-order valence-electron chi connectivity index (χ2n) is 4.24. The number of thioether (sulfide) groups is 1. The number of benzene rings is 2. The molecule has 0 saturated carbocycles. The normalized spacial score (nSPS) is 10.3. The molecule has 0 amide bonds. The van der Waals surface area contributed by atoms with Crippen LogP contribution >= 0.6 is 11.8 Å². The molecular weight excluding hydrogens is 256 g/mol. The maximum Gasteiger partial charge on any atom is 0.193 e. The molecule has 0 radical (unpaired) electrons. The van der Waals surface area contributed by atoms with E-state index in [4.69, 9.17) is 4.74 Å². The highest BCUT2D eigenvalue weighted by Gasteiger charge is 2.12.